The minimum absolute atomic E-state index is 0.108. The highest BCUT2D eigenvalue weighted by Gasteiger charge is 2.11. The summed E-state index contributed by atoms with van der Waals surface area (Å²) in [6.45, 7) is 1.85. The molecule has 5 heteroatoms. The number of ketones is 1. The summed E-state index contributed by atoms with van der Waals surface area (Å²) in [5, 5.41) is 0. The molecule has 0 aliphatic rings. The lowest BCUT2D eigenvalue weighted by atomic mass is 10.1. The van der Waals surface area contributed by atoms with Crippen LogP contribution in [0.5, 0.6) is 0 Å². The van der Waals surface area contributed by atoms with E-state index in [2.05, 4.69) is 4.98 Å². The number of nitrogen functional groups attached to an aromatic ring is 1. The van der Waals surface area contributed by atoms with Gasteiger partial charge in [-0.25, -0.2) is 9.37 Å². The first-order valence-corrected chi connectivity index (χ1v) is 6.68. The van der Waals surface area contributed by atoms with Crippen molar-refractivity contribution in [1.29, 1.82) is 0 Å². The maximum absolute atomic E-state index is 13.0. The Hall–Kier alpha value is -1.88. The highest BCUT2D eigenvalue weighted by atomic mass is 32.2. The molecule has 1 aromatic carbocycles. The van der Waals surface area contributed by atoms with E-state index in [0.717, 1.165) is 5.56 Å². The van der Waals surface area contributed by atoms with E-state index in [1.54, 1.807) is 24.4 Å². The number of carbonyl (C=O) groups is 1. The second kappa shape index (κ2) is 5.84. The average molecular weight is 276 g/mol. The molecule has 0 saturated heterocycles. The first kappa shape index (κ1) is 13.5. The molecule has 0 saturated carbocycles. The molecule has 0 fully saturated rings. The van der Waals surface area contributed by atoms with Crippen molar-refractivity contribution in [1.82, 2.24) is 4.98 Å². The molecule has 0 aliphatic carbocycles. The van der Waals surface area contributed by atoms with Crippen LogP contribution in [0.4, 0.5) is 10.2 Å². The molecule has 2 N–H and O–H groups in total. The van der Waals surface area contributed by atoms with Crippen molar-refractivity contribution in [3.63, 3.8) is 0 Å². The van der Waals surface area contributed by atoms with Gasteiger partial charge in [0.15, 0.2) is 5.78 Å². The van der Waals surface area contributed by atoms with Crippen molar-refractivity contribution in [2.75, 3.05) is 11.5 Å². The summed E-state index contributed by atoms with van der Waals surface area (Å²) in [5.74, 6) is 0.0197. The molecule has 0 bridgehead atoms. The third-order valence-corrected chi connectivity index (χ3v) is 3.52. The van der Waals surface area contributed by atoms with Gasteiger partial charge in [-0.05, 0) is 36.8 Å². The fourth-order valence-electron chi connectivity index (χ4n) is 1.59. The van der Waals surface area contributed by atoms with Gasteiger partial charge in [0.1, 0.15) is 11.6 Å². The lowest BCUT2D eigenvalue weighted by Crippen LogP contribution is -2.08. The molecular weight excluding hydrogens is 263 g/mol. The number of nitrogens with two attached hydrogens (primary N) is 1. The average Bonchev–Trinajstić information content (AvgIpc) is 2.39. The lowest BCUT2D eigenvalue weighted by molar-refractivity contribution is 0.102. The van der Waals surface area contributed by atoms with Crippen LogP contribution in [-0.4, -0.2) is 16.5 Å². The van der Waals surface area contributed by atoms with Gasteiger partial charge >= 0.3 is 0 Å². The molecule has 0 atom stereocenters. The smallest absolute Gasteiger partial charge is 0.176 e. The Morgan fingerprint density at radius 1 is 1.42 bits per heavy atom. The first-order chi connectivity index (χ1) is 9.06. The molecule has 98 valence electrons. The van der Waals surface area contributed by atoms with Crippen LogP contribution in [-0.2, 0) is 0 Å². The van der Waals surface area contributed by atoms with Gasteiger partial charge in [-0.1, -0.05) is 6.07 Å². The Balaban J connectivity index is 2.07. The largest absolute Gasteiger partial charge is 0.383 e. The Bertz CT molecular complexity index is 616. The number of halogens is 1. The van der Waals surface area contributed by atoms with Crippen LogP contribution in [0.15, 0.2) is 41.4 Å². The van der Waals surface area contributed by atoms with Gasteiger partial charge in [0.2, 0.25) is 0 Å². The van der Waals surface area contributed by atoms with Gasteiger partial charge < -0.3 is 5.73 Å². The molecular formula is C14H13FN2OS. The van der Waals surface area contributed by atoms with E-state index in [-0.39, 0.29) is 23.2 Å². The van der Waals surface area contributed by atoms with Gasteiger partial charge in [-0.15, -0.1) is 11.8 Å². The highest BCUT2D eigenvalue weighted by molar-refractivity contribution is 8.00. The van der Waals surface area contributed by atoms with Gasteiger partial charge in [0, 0.05) is 11.1 Å². The number of Topliss-reactive ketones (excluding diaryl/α,β-unsaturated/α-hetero) is 1. The Labute approximate surface area is 115 Å². The van der Waals surface area contributed by atoms with Crippen LogP contribution in [0, 0.1) is 12.7 Å². The van der Waals surface area contributed by atoms with E-state index in [1.165, 1.54) is 23.9 Å². The Kier molecular flexibility index (Phi) is 4.16. The fourth-order valence-corrected chi connectivity index (χ4v) is 2.41. The zero-order chi connectivity index (χ0) is 13.8. The number of aromatic nitrogens is 1. The third kappa shape index (κ3) is 3.54. The van der Waals surface area contributed by atoms with E-state index >= 15 is 0 Å². The second-order valence-corrected chi connectivity index (χ2v) is 5.16. The monoisotopic (exact) mass is 276 g/mol. The molecule has 1 aromatic heterocycles. The van der Waals surface area contributed by atoms with Crippen molar-refractivity contribution >= 4 is 23.4 Å². The number of hydrogen-bond acceptors (Lipinski definition) is 4. The number of rotatable bonds is 4. The van der Waals surface area contributed by atoms with Crippen LogP contribution in [0.3, 0.4) is 0 Å². The van der Waals surface area contributed by atoms with Crippen molar-refractivity contribution in [3.8, 4) is 0 Å². The SMILES string of the molecule is Cc1cnc(N)c(C(=O)CSc2cccc(F)c2)c1. The zero-order valence-corrected chi connectivity index (χ0v) is 11.2. The number of benzene rings is 1. The van der Waals surface area contributed by atoms with E-state index < -0.39 is 0 Å². The number of anilines is 1. The Morgan fingerprint density at radius 2 is 2.21 bits per heavy atom. The predicted octanol–water partition coefficient (Wildman–Crippen LogP) is 3.09. The quantitative estimate of drug-likeness (QED) is 0.688. The summed E-state index contributed by atoms with van der Waals surface area (Å²) in [6, 6.07) is 7.87. The van der Waals surface area contributed by atoms with Gasteiger partial charge in [0.05, 0.1) is 11.3 Å². The van der Waals surface area contributed by atoms with Crippen LogP contribution >= 0.6 is 11.8 Å². The van der Waals surface area contributed by atoms with Crippen LogP contribution < -0.4 is 5.73 Å². The number of thioether (sulfide) groups is 1. The molecule has 0 unspecified atom stereocenters. The molecule has 19 heavy (non-hydrogen) atoms. The topological polar surface area (TPSA) is 56.0 Å². The van der Waals surface area contributed by atoms with Gasteiger partial charge in [0.25, 0.3) is 0 Å². The summed E-state index contributed by atoms with van der Waals surface area (Å²) in [6.07, 6.45) is 1.62. The van der Waals surface area contributed by atoms with Crippen molar-refractivity contribution in [3.05, 3.63) is 53.5 Å². The molecule has 0 radical (unpaired) electrons. The van der Waals surface area contributed by atoms with E-state index in [9.17, 15) is 9.18 Å². The molecule has 1 heterocycles. The minimum Gasteiger partial charge on any atom is -0.383 e. The van der Waals surface area contributed by atoms with Crippen molar-refractivity contribution in [2.24, 2.45) is 0 Å². The Morgan fingerprint density at radius 3 is 2.95 bits per heavy atom. The number of aryl methyl sites for hydroxylation is 1. The van der Waals surface area contributed by atoms with Gasteiger partial charge in [-0.2, -0.15) is 0 Å². The van der Waals surface area contributed by atoms with Crippen LogP contribution in [0.25, 0.3) is 0 Å². The summed E-state index contributed by atoms with van der Waals surface area (Å²) >= 11 is 1.28. The third-order valence-electron chi connectivity index (χ3n) is 2.52. The molecule has 3 nitrogen and oxygen atoms in total. The van der Waals surface area contributed by atoms with Crippen molar-refractivity contribution < 1.29 is 9.18 Å². The summed E-state index contributed by atoms with van der Waals surface area (Å²) in [5.41, 5.74) is 6.99. The number of hydrogen-bond donors (Lipinski definition) is 1. The molecule has 0 spiro atoms. The lowest BCUT2D eigenvalue weighted by Gasteiger charge is -2.05. The second-order valence-electron chi connectivity index (χ2n) is 4.11. The number of pyridine rings is 1. The highest BCUT2D eigenvalue weighted by Crippen LogP contribution is 2.21. The summed E-state index contributed by atoms with van der Waals surface area (Å²) in [4.78, 5) is 16.7. The fraction of sp³-hybridized carbons (Fsp3) is 0.143. The first-order valence-electron chi connectivity index (χ1n) is 5.70. The molecule has 2 aromatic rings. The normalized spacial score (nSPS) is 10.4. The summed E-state index contributed by atoms with van der Waals surface area (Å²) in [7, 11) is 0. The van der Waals surface area contributed by atoms with Gasteiger partial charge in [-0.3, -0.25) is 4.79 Å². The summed E-state index contributed by atoms with van der Waals surface area (Å²) < 4.78 is 13.0. The van der Waals surface area contributed by atoms with Crippen LogP contribution in [0.2, 0.25) is 0 Å². The van der Waals surface area contributed by atoms with Crippen molar-refractivity contribution in [2.45, 2.75) is 11.8 Å². The van der Waals surface area contributed by atoms with E-state index in [1.807, 2.05) is 6.92 Å². The molecule has 0 amide bonds. The predicted molar refractivity (Wildman–Crippen MR) is 74.8 cm³/mol. The standard InChI is InChI=1S/C14H13FN2OS/c1-9-5-12(14(16)17-7-9)13(18)8-19-11-4-2-3-10(15)6-11/h2-7H,8H2,1H3,(H2,16,17). The minimum atomic E-state index is -0.311. The maximum Gasteiger partial charge on any atom is 0.176 e. The maximum atomic E-state index is 13.0. The number of carbonyl (C=O) groups excluding carboxylic acids is 1. The molecule has 2 rings (SSSR count). The number of nitrogens with zero attached hydrogens (tertiary/aromatic N) is 1. The molecule has 0 aliphatic heterocycles. The van der Waals surface area contributed by atoms with Crippen LogP contribution in [0.1, 0.15) is 15.9 Å². The van der Waals surface area contributed by atoms with E-state index in [4.69, 9.17) is 5.73 Å². The zero-order valence-electron chi connectivity index (χ0n) is 10.4. The van der Waals surface area contributed by atoms with E-state index in [0.29, 0.717) is 10.5 Å².